The highest BCUT2D eigenvalue weighted by molar-refractivity contribution is 7.89. The number of furan rings is 2. The molecule has 1 saturated carbocycles. The molecule has 1 atom stereocenters. The van der Waals surface area contributed by atoms with Crippen LogP contribution in [0, 0.1) is 0 Å². The minimum absolute atomic E-state index is 0.0755. The van der Waals surface area contributed by atoms with Gasteiger partial charge < -0.3 is 14.2 Å². The van der Waals surface area contributed by atoms with E-state index >= 15 is 0 Å². The summed E-state index contributed by atoms with van der Waals surface area (Å²) in [5.74, 6) is 1.17. The molecule has 1 unspecified atom stereocenters. The van der Waals surface area contributed by atoms with E-state index in [0.29, 0.717) is 24.1 Å². The van der Waals surface area contributed by atoms with Crippen LogP contribution in [0.15, 0.2) is 44.5 Å². The molecule has 1 aliphatic rings. The van der Waals surface area contributed by atoms with E-state index in [1.807, 2.05) is 0 Å². The van der Waals surface area contributed by atoms with E-state index in [-0.39, 0.29) is 5.09 Å². The summed E-state index contributed by atoms with van der Waals surface area (Å²) in [5.41, 5.74) is 0. The fourth-order valence-electron chi connectivity index (χ4n) is 2.02. The van der Waals surface area contributed by atoms with Gasteiger partial charge in [0.05, 0.1) is 18.8 Å². The third-order valence-corrected chi connectivity index (χ3v) is 4.76. The molecule has 3 rings (SSSR count). The molecule has 0 aliphatic heterocycles. The SMILES string of the molecule is CC(NS(=O)(=O)c1ccc(CNC2CC2)o1)c1ccco1. The zero-order chi connectivity index (χ0) is 14.9. The van der Waals surface area contributed by atoms with Gasteiger partial charge in [0, 0.05) is 6.04 Å². The molecule has 6 nitrogen and oxygen atoms in total. The lowest BCUT2D eigenvalue weighted by atomic mass is 10.3. The van der Waals surface area contributed by atoms with Crippen LogP contribution in [0.1, 0.15) is 37.3 Å². The molecule has 0 saturated heterocycles. The maximum Gasteiger partial charge on any atom is 0.274 e. The first-order valence-electron chi connectivity index (χ1n) is 6.92. The summed E-state index contributed by atoms with van der Waals surface area (Å²) in [6.45, 7) is 2.27. The Balaban J connectivity index is 1.66. The van der Waals surface area contributed by atoms with Crippen molar-refractivity contribution in [2.24, 2.45) is 0 Å². The first kappa shape index (κ1) is 14.4. The van der Waals surface area contributed by atoms with Crippen molar-refractivity contribution < 1.29 is 17.3 Å². The standard InChI is InChI=1S/C14H18N2O4S/c1-10(13-3-2-8-19-13)16-21(17,18)14-7-6-12(20-14)9-15-11-4-5-11/h2-3,6-8,10-11,15-16H,4-5,9H2,1H3. The summed E-state index contributed by atoms with van der Waals surface area (Å²) < 4.78 is 37.6. The average Bonchev–Trinajstić information content (AvgIpc) is 2.96. The Hall–Kier alpha value is -1.57. The lowest BCUT2D eigenvalue weighted by Crippen LogP contribution is -2.26. The highest BCUT2D eigenvalue weighted by Crippen LogP contribution is 2.21. The van der Waals surface area contributed by atoms with Crippen molar-refractivity contribution in [3.05, 3.63) is 42.0 Å². The number of sulfonamides is 1. The summed E-state index contributed by atoms with van der Waals surface area (Å²) >= 11 is 0. The van der Waals surface area contributed by atoms with Gasteiger partial charge in [-0.15, -0.1) is 0 Å². The van der Waals surface area contributed by atoms with Crippen LogP contribution in [-0.4, -0.2) is 14.5 Å². The Morgan fingerprint density at radius 3 is 2.81 bits per heavy atom. The van der Waals surface area contributed by atoms with Gasteiger partial charge in [0.25, 0.3) is 10.0 Å². The van der Waals surface area contributed by atoms with Gasteiger partial charge in [-0.1, -0.05) is 0 Å². The van der Waals surface area contributed by atoms with Gasteiger partial charge in [0.2, 0.25) is 5.09 Å². The molecule has 0 bridgehead atoms. The second-order valence-electron chi connectivity index (χ2n) is 5.23. The quantitative estimate of drug-likeness (QED) is 0.818. The molecule has 0 amide bonds. The predicted octanol–water partition coefficient (Wildman–Crippen LogP) is 2.16. The molecule has 7 heteroatoms. The maximum absolute atomic E-state index is 12.2. The molecule has 2 aromatic heterocycles. The van der Waals surface area contributed by atoms with Crippen molar-refractivity contribution in [3.63, 3.8) is 0 Å². The van der Waals surface area contributed by atoms with Crippen LogP contribution in [0.2, 0.25) is 0 Å². The Morgan fingerprint density at radius 1 is 1.33 bits per heavy atom. The second kappa shape index (κ2) is 5.67. The Morgan fingerprint density at radius 2 is 2.14 bits per heavy atom. The topological polar surface area (TPSA) is 84.5 Å². The minimum Gasteiger partial charge on any atom is -0.468 e. The molecule has 0 aromatic carbocycles. The van der Waals surface area contributed by atoms with Crippen molar-refractivity contribution in [1.29, 1.82) is 0 Å². The molecule has 21 heavy (non-hydrogen) atoms. The van der Waals surface area contributed by atoms with E-state index in [9.17, 15) is 8.42 Å². The van der Waals surface area contributed by atoms with Crippen LogP contribution in [0.3, 0.4) is 0 Å². The molecule has 2 heterocycles. The van der Waals surface area contributed by atoms with E-state index in [4.69, 9.17) is 8.83 Å². The molecule has 2 aromatic rings. The molecule has 1 aliphatic carbocycles. The summed E-state index contributed by atoms with van der Waals surface area (Å²) in [4.78, 5) is 0. The normalized spacial score (nSPS) is 17.0. The number of nitrogens with one attached hydrogen (secondary N) is 2. The fraction of sp³-hybridized carbons (Fsp3) is 0.429. The van der Waals surface area contributed by atoms with Crippen LogP contribution in [0.4, 0.5) is 0 Å². The van der Waals surface area contributed by atoms with E-state index < -0.39 is 16.1 Å². The average molecular weight is 310 g/mol. The monoisotopic (exact) mass is 310 g/mol. The summed E-state index contributed by atoms with van der Waals surface area (Å²) in [6.07, 6.45) is 3.86. The Labute approximate surface area is 123 Å². The smallest absolute Gasteiger partial charge is 0.274 e. The molecular weight excluding hydrogens is 292 g/mol. The van der Waals surface area contributed by atoms with Gasteiger partial charge in [-0.05, 0) is 44.0 Å². The van der Waals surface area contributed by atoms with Gasteiger partial charge in [0.15, 0.2) is 0 Å². The zero-order valence-corrected chi connectivity index (χ0v) is 12.5. The molecule has 0 spiro atoms. The van der Waals surface area contributed by atoms with Crippen LogP contribution in [0.25, 0.3) is 0 Å². The van der Waals surface area contributed by atoms with Crippen molar-refractivity contribution in [3.8, 4) is 0 Å². The molecular formula is C14H18N2O4S. The lowest BCUT2D eigenvalue weighted by Gasteiger charge is -2.10. The van der Waals surface area contributed by atoms with E-state index in [1.165, 1.54) is 25.2 Å². The predicted molar refractivity (Wildman–Crippen MR) is 76.0 cm³/mol. The molecule has 0 radical (unpaired) electrons. The van der Waals surface area contributed by atoms with E-state index in [0.717, 1.165) is 0 Å². The third kappa shape index (κ3) is 3.55. The minimum atomic E-state index is -3.69. The Bertz CT molecular complexity index is 686. The van der Waals surface area contributed by atoms with E-state index in [1.54, 1.807) is 25.1 Å². The van der Waals surface area contributed by atoms with Crippen LogP contribution in [0.5, 0.6) is 0 Å². The van der Waals surface area contributed by atoms with Gasteiger partial charge in [0.1, 0.15) is 11.5 Å². The van der Waals surface area contributed by atoms with Crippen molar-refractivity contribution >= 4 is 10.0 Å². The second-order valence-corrected chi connectivity index (χ2v) is 6.88. The van der Waals surface area contributed by atoms with Crippen molar-refractivity contribution in [1.82, 2.24) is 10.0 Å². The van der Waals surface area contributed by atoms with Gasteiger partial charge >= 0.3 is 0 Å². The first-order chi connectivity index (χ1) is 10.0. The summed E-state index contributed by atoms with van der Waals surface area (Å²) in [5, 5.41) is 3.20. The summed E-state index contributed by atoms with van der Waals surface area (Å²) in [7, 11) is -3.69. The van der Waals surface area contributed by atoms with Crippen LogP contribution >= 0.6 is 0 Å². The van der Waals surface area contributed by atoms with Crippen molar-refractivity contribution in [2.45, 2.75) is 43.5 Å². The lowest BCUT2D eigenvalue weighted by molar-refractivity contribution is 0.394. The van der Waals surface area contributed by atoms with Gasteiger partial charge in [-0.2, -0.15) is 4.72 Å². The number of rotatable bonds is 7. The third-order valence-electron chi connectivity index (χ3n) is 3.35. The fourth-order valence-corrected chi connectivity index (χ4v) is 3.18. The zero-order valence-electron chi connectivity index (χ0n) is 11.7. The largest absolute Gasteiger partial charge is 0.468 e. The van der Waals surface area contributed by atoms with Crippen LogP contribution in [-0.2, 0) is 16.6 Å². The first-order valence-corrected chi connectivity index (χ1v) is 8.41. The van der Waals surface area contributed by atoms with E-state index in [2.05, 4.69) is 10.0 Å². The van der Waals surface area contributed by atoms with Gasteiger partial charge in [-0.25, -0.2) is 8.42 Å². The highest BCUT2D eigenvalue weighted by atomic mass is 32.2. The molecule has 1 fully saturated rings. The van der Waals surface area contributed by atoms with Gasteiger partial charge in [-0.3, -0.25) is 0 Å². The molecule has 2 N–H and O–H groups in total. The number of hydrogen-bond donors (Lipinski definition) is 2. The number of hydrogen-bond acceptors (Lipinski definition) is 5. The highest BCUT2D eigenvalue weighted by Gasteiger charge is 2.24. The van der Waals surface area contributed by atoms with Crippen molar-refractivity contribution in [2.75, 3.05) is 0 Å². The summed E-state index contributed by atoms with van der Waals surface area (Å²) in [6, 6.07) is 6.69. The van der Waals surface area contributed by atoms with Crippen LogP contribution < -0.4 is 10.0 Å². The molecule has 114 valence electrons. The Kier molecular flexibility index (Phi) is 3.88. The maximum atomic E-state index is 12.2.